The van der Waals surface area contributed by atoms with Crippen LogP contribution in [0.15, 0.2) is 59.5 Å². The Morgan fingerprint density at radius 2 is 1.71 bits per heavy atom. The molecule has 4 aliphatic rings. The summed E-state index contributed by atoms with van der Waals surface area (Å²) in [5.41, 5.74) is 7.91. The van der Waals surface area contributed by atoms with Crippen molar-refractivity contribution in [3.8, 4) is 11.1 Å². The Balaban J connectivity index is 1.06. The standard InChI is InChI=1S/C39H43FN4O4/c1-41-21-30(17-29(38(41)46)16-25-6-8-26(9-7-25)27-10-12-42(13-11-27)32-23-48-24-32)33-19-31(40)20-36(34(33)22-45)44-15-14-43-35-5-3-2-4-28(35)18-37(43)39(44)47/h6-9,17-21,27,32,45H,2-5,10-16,22-24H2,1H3. The predicted molar refractivity (Wildman–Crippen MR) is 183 cm³/mol. The van der Waals surface area contributed by atoms with E-state index in [2.05, 4.69) is 33.7 Å². The molecule has 0 atom stereocenters. The number of hydrogen-bond donors (Lipinski definition) is 1. The highest BCUT2D eigenvalue weighted by atomic mass is 19.1. The SMILES string of the molecule is Cn1cc(-c2cc(F)cc(N3CCn4c(cc5c4CCCC5)C3=O)c2CO)cc(Cc2ccc(C3CCN(C4COC4)CC3)cc2)c1=O. The van der Waals surface area contributed by atoms with Crippen LogP contribution in [0.5, 0.6) is 0 Å². The number of hydrogen-bond acceptors (Lipinski definition) is 5. The molecule has 5 heterocycles. The van der Waals surface area contributed by atoms with Crippen LogP contribution in [0.4, 0.5) is 10.1 Å². The molecule has 1 aliphatic carbocycles. The van der Waals surface area contributed by atoms with E-state index in [9.17, 15) is 14.7 Å². The topological polar surface area (TPSA) is 79.9 Å². The minimum Gasteiger partial charge on any atom is -0.392 e. The average Bonchev–Trinajstić information content (AvgIpc) is 3.46. The number of rotatable bonds is 7. The first-order valence-corrected chi connectivity index (χ1v) is 17.4. The van der Waals surface area contributed by atoms with Crippen LogP contribution in [0.2, 0.25) is 0 Å². The van der Waals surface area contributed by atoms with Crippen molar-refractivity contribution in [1.29, 1.82) is 0 Å². The number of aliphatic hydroxyl groups excluding tert-OH is 1. The molecule has 2 fully saturated rings. The molecule has 0 bridgehead atoms. The smallest absolute Gasteiger partial charge is 0.274 e. The van der Waals surface area contributed by atoms with Gasteiger partial charge in [0.05, 0.1) is 31.5 Å². The lowest BCUT2D eigenvalue weighted by Gasteiger charge is -2.41. The van der Waals surface area contributed by atoms with E-state index in [1.165, 1.54) is 33.5 Å². The number of fused-ring (bicyclic) bond motifs is 3. The van der Waals surface area contributed by atoms with Crippen LogP contribution in [0.1, 0.15) is 75.6 Å². The molecule has 48 heavy (non-hydrogen) atoms. The van der Waals surface area contributed by atoms with Crippen molar-refractivity contribution >= 4 is 11.6 Å². The summed E-state index contributed by atoms with van der Waals surface area (Å²) in [7, 11) is 1.70. The van der Waals surface area contributed by atoms with Gasteiger partial charge in [-0.25, -0.2) is 4.39 Å². The zero-order valence-corrected chi connectivity index (χ0v) is 27.6. The molecule has 0 saturated carbocycles. The van der Waals surface area contributed by atoms with Gasteiger partial charge in [-0.15, -0.1) is 0 Å². The number of carbonyl (C=O) groups excluding carboxylic acids is 1. The normalized spacial score (nSPS) is 18.9. The summed E-state index contributed by atoms with van der Waals surface area (Å²) in [6, 6.07) is 15.8. The number of nitrogens with zero attached hydrogens (tertiary/aromatic N) is 4. The molecule has 250 valence electrons. The van der Waals surface area contributed by atoms with Crippen LogP contribution < -0.4 is 10.5 Å². The number of amides is 1. The predicted octanol–water partition coefficient (Wildman–Crippen LogP) is 5.19. The second kappa shape index (κ2) is 12.8. The van der Waals surface area contributed by atoms with Gasteiger partial charge in [-0.3, -0.25) is 14.5 Å². The quantitative estimate of drug-likeness (QED) is 0.298. The zero-order valence-electron chi connectivity index (χ0n) is 27.6. The Bertz CT molecular complexity index is 1920. The molecule has 1 N–H and O–H groups in total. The second-order valence-corrected chi connectivity index (χ2v) is 14.0. The third-order valence-corrected chi connectivity index (χ3v) is 11.1. The van der Waals surface area contributed by atoms with Gasteiger partial charge in [-0.2, -0.15) is 0 Å². The van der Waals surface area contributed by atoms with E-state index in [1.54, 1.807) is 18.1 Å². The van der Waals surface area contributed by atoms with Crippen LogP contribution in [0.3, 0.4) is 0 Å². The number of pyridine rings is 1. The second-order valence-electron chi connectivity index (χ2n) is 14.0. The molecule has 8 rings (SSSR count). The fourth-order valence-corrected chi connectivity index (χ4v) is 8.37. The van der Waals surface area contributed by atoms with Gasteiger partial charge in [0.25, 0.3) is 11.5 Å². The number of halogens is 1. The highest BCUT2D eigenvalue weighted by Gasteiger charge is 2.33. The zero-order chi connectivity index (χ0) is 32.9. The highest BCUT2D eigenvalue weighted by Crippen LogP contribution is 2.37. The lowest BCUT2D eigenvalue weighted by atomic mass is 9.88. The molecular weight excluding hydrogens is 607 g/mol. The van der Waals surface area contributed by atoms with Crippen molar-refractivity contribution in [3.05, 3.63) is 110 Å². The van der Waals surface area contributed by atoms with Crippen molar-refractivity contribution in [3.63, 3.8) is 0 Å². The summed E-state index contributed by atoms with van der Waals surface area (Å²) in [5, 5.41) is 10.7. The van der Waals surface area contributed by atoms with Gasteiger partial charge in [-0.05, 0) is 110 Å². The fraction of sp³-hybridized carbons (Fsp3) is 0.436. The number of ether oxygens (including phenoxy) is 1. The minimum atomic E-state index is -0.497. The lowest BCUT2D eigenvalue weighted by Crippen LogP contribution is -2.51. The third kappa shape index (κ3) is 5.61. The molecule has 2 saturated heterocycles. The largest absolute Gasteiger partial charge is 0.392 e. The first kappa shape index (κ1) is 31.2. The van der Waals surface area contributed by atoms with Crippen LogP contribution >= 0.6 is 0 Å². The molecule has 2 aromatic heterocycles. The molecule has 3 aliphatic heterocycles. The number of likely N-dealkylation sites (tertiary alicyclic amines) is 1. The van der Waals surface area contributed by atoms with Gasteiger partial charge in [0, 0.05) is 49.6 Å². The number of aliphatic hydroxyl groups is 1. The summed E-state index contributed by atoms with van der Waals surface area (Å²) in [6.07, 6.45) is 8.60. The molecule has 1 amide bonds. The van der Waals surface area contributed by atoms with Gasteiger partial charge in [0.1, 0.15) is 11.5 Å². The van der Waals surface area contributed by atoms with Gasteiger partial charge in [0.15, 0.2) is 0 Å². The summed E-state index contributed by atoms with van der Waals surface area (Å²) >= 11 is 0. The first-order valence-electron chi connectivity index (χ1n) is 17.4. The van der Waals surface area contributed by atoms with Crippen molar-refractivity contribution in [1.82, 2.24) is 14.0 Å². The van der Waals surface area contributed by atoms with Gasteiger partial charge in [-0.1, -0.05) is 24.3 Å². The Kier molecular flexibility index (Phi) is 8.31. The van der Waals surface area contributed by atoms with Gasteiger partial charge < -0.3 is 23.9 Å². The van der Waals surface area contributed by atoms with Crippen molar-refractivity contribution < 1.29 is 19.0 Å². The summed E-state index contributed by atoms with van der Waals surface area (Å²) < 4.78 is 24.4. The number of carbonyl (C=O) groups is 1. The van der Waals surface area contributed by atoms with Crippen molar-refractivity contribution in [2.45, 2.75) is 70.1 Å². The van der Waals surface area contributed by atoms with Gasteiger partial charge >= 0.3 is 0 Å². The maximum absolute atomic E-state index is 15.4. The summed E-state index contributed by atoms with van der Waals surface area (Å²) in [4.78, 5) is 31.3. The average molecular weight is 651 g/mol. The van der Waals surface area contributed by atoms with Crippen LogP contribution in [-0.4, -0.2) is 63.9 Å². The summed E-state index contributed by atoms with van der Waals surface area (Å²) in [6.45, 7) is 4.56. The molecule has 4 aromatic rings. The summed E-state index contributed by atoms with van der Waals surface area (Å²) in [5.74, 6) is -0.138. The van der Waals surface area contributed by atoms with E-state index in [4.69, 9.17) is 4.74 Å². The number of benzene rings is 2. The molecule has 8 nitrogen and oxygen atoms in total. The number of aromatic nitrogens is 2. The van der Waals surface area contributed by atoms with E-state index < -0.39 is 5.82 Å². The molecule has 2 aromatic carbocycles. The Labute approximate surface area is 280 Å². The monoisotopic (exact) mass is 650 g/mol. The number of aryl methyl sites for hydroxylation is 2. The Morgan fingerprint density at radius 3 is 2.44 bits per heavy atom. The van der Waals surface area contributed by atoms with Crippen LogP contribution in [-0.2, 0) is 44.2 Å². The van der Waals surface area contributed by atoms with E-state index in [-0.39, 0.29) is 18.1 Å². The maximum atomic E-state index is 15.4. The molecular formula is C39H43FN4O4. The Hall–Kier alpha value is -4.05. The third-order valence-electron chi connectivity index (χ3n) is 11.1. The van der Waals surface area contributed by atoms with E-state index in [0.717, 1.165) is 70.4 Å². The van der Waals surface area contributed by atoms with E-state index in [0.29, 0.717) is 65.1 Å². The molecule has 9 heteroatoms. The lowest BCUT2D eigenvalue weighted by molar-refractivity contribution is -0.0712. The highest BCUT2D eigenvalue weighted by molar-refractivity contribution is 6.07. The van der Waals surface area contributed by atoms with Crippen molar-refractivity contribution in [2.24, 2.45) is 7.05 Å². The number of piperidine rings is 1. The first-order chi connectivity index (χ1) is 23.4. The van der Waals surface area contributed by atoms with Gasteiger partial charge in [0.2, 0.25) is 0 Å². The van der Waals surface area contributed by atoms with Crippen molar-refractivity contribution in [2.75, 3.05) is 37.7 Å². The van der Waals surface area contributed by atoms with Crippen LogP contribution in [0.25, 0.3) is 11.1 Å². The number of anilines is 1. The maximum Gasteiger partial charge on any atom is 0.274 e. The molecule has 0 spiro atoms. The molecule has 0 radical (unpaired) electrons. The van der Waals surface area contributed by atoms with E-state index in [1.807, 2.05) is 12.1 Å². The minimum absolute atomic E-state index is 0.117. The van der Waals surface area contributed by atoms with Crippen LogP contribution in [0, 0.1) is 5.82 Å². The molecule has 0 unspecified atom stereocenters. The van der Waals surface area contributed by atoms with E-state index >= 15 is 4.39 Å². The Morgan fingerprint density at radius 1 is 0.938 bits per heavy atom. The fourth-order valence-electron chi connectivity index (χ4n) is 8.37.